The molecule has 0 unspecified atom stereocenters. The minimum absolute atomic E-state index is 0.0267. The second kappa shape index (κ2) is 7.41. The first-order valence-corrected chi connectivity index (χ1v) is 9.55. The average molecular weight is 368 g/mol. The summed E-state index contributed by atoms with van der Waals surface area (Å²) in [5.74, 6) is -0.0542. The smallest absolute Gasteiger partial charge is 0.252 e. The van der Waals surface area contributed by atoms with Crippen molar-refractivity contribution in [2.24, 2.45) is 11.7 Å². The third kappa shape index (κ3) is 3.49. The number of nitrogens with zero attached hydrogens (tertiary/aromatic N) is 1. The fourth-order valence-electron chi connectivity index (χ4n) is 4.10. The number of carbonyl (C=O) groups is 1. The Morgan fingerprint density at radius 1 is 1.19 bits per heavy atom. The van der Waals surface area contributed by atoms with Gasteiger partial charge in [-0.3, -0.25) is 4.79 Å². The van der Waals surface area contributed by atoms with Crippen molar-refractivity contribution < 1.29 is 13.9 Å². The maximum absolute atomic E-state index is 13.5. The highest BCUT2D eigenvalue weighted by Gasteiger charge is 2.38. The monoisotopic (exact) mass is 368 g/mol. The van der Waals surface area contributed by atoms with Crippen molar-refractivity contribution in [2.45, 2.75) is 38.0 Å². The van der Waals surface area contributed by atoms with Crippen LogP contribution in [0.4, 0.5) is 4.39 Å². The molecule has 1 fully saturated rings. The molecular weight excluding hydrogens is 343 g/mol. The highest BCUT2D eigenvalue weighted by atomic mass is 19.1. The molecular formula is C22H25FN2O2. The lowest BCUT2D eigenvalue weighted by Crippen LogP contribution is -2.51. The molecule has 2 aromatic carbocycles. The van der Waals surface area contributed by atoms with Gasteiger partial charge >= 0.3 is 0 Å². The number of rotatable bonds is 2. The molecule has 0 aliphatic carbocycles. The molecule has 2 heterocycles. The Morgan fingerprint density at radius 2 is 1.93 bits per heavy atom. The SMILES string of the molecule is C[C@H]1CO[C@@H](C(=O)N2CCc3ccccc3[C@@H]2c2ccc(F)cc2)C[C@@H]1N. The molecule has 142 valence electrons. The predicted molar refractivity (Wildman–Crippen MR) is 102 cm³/mol. The van der Waals surface area contributed by atoms with Crippen molar-refractivity contribution >= 4 is 5.91 Å². The van der Waals surface area contributed by atoms with Crippen molar-refractivity contribution in [3.8, 4) is 0 Å². The molecule has 1 saturated heterocycles. The number of halogens is 1. The van der Waals surface area contributed by atoms with E-state index in [1.807, 2.05) is 24.0 Å². The van der Waals surface area contributed by atoms with E-state index < -0.39 is 6.10 Å². The summed E-state index contributed by atoms with van der Waals surface area (Å²) in [6.45, 7) is 3.16. The molecule has 0 bridgehead atoms. The van der Waals surface area contributed by atoms with Crippen LogP contribution in [0, 0.1) is 11.7 Å². The Morgan fingerprint density at radius 3 is 2.67 bits per heavy atom. The van der Waals surface area contributed by atoms with Crippen LogP contribution in [0.2, 0.25) is 0 Å². The molecule has 4 rings (SSSR count). The minimum atomic E-state index is -0.510. The van der Waals surface area contributed by atoms with Gasteiger partial charge in [-0.15, -0.1) is 0 Å². The molecule has 2 aromatic rings. The lowest BCUT2D eigenvalue weighted by Gasteiger charge is -2.41. The summed E-state index contributed by atoms with van der Waals surface area (Å²) < 4.78 is 19.3. The van der Waals surface area contributed by atoms with Crippen LogP contribution in [-0.2, 0) is 16.0 Å². The summed E-state index contributed by atoms with van der Waals surface area (Å²) in [5, 5.41) is 0. The zero-order chi connectivity index (χ0) is 19.0. The minimum Gasteiger partial charge on any atom is -0.368 e. The third-order valence-electron chi connectivity index (χ3n) is 5.81. The van der Waals surface area contributed by atoms with Gasteiger partial charge in [-0.05, 0) is 47.6 Å². The fourth-order valence-corrected chi connectivity index (χ4v) is 4.10. The maximum Gasteiger partial charge on any atom is 0.252 e. The van der Waals surface area contributed by atoms with Gasteiger partial charge in [-0.2, -0.15) is 0 Å². The van der Waals surface area contributed by atoms with Gasteiger partial charge in [0.2, 0.25) is 0 Å². The zero-order valence-corrected chi connectivity index (χ0v) is 15.5. The van der Waals surface area contributed by atoms with Crippen molar-refractivity contribution in [1.82, 2.24) is 4.90 Å². The van der Waals surface area contributed by atoms with E-state index in [4.69, 9.17) is 10.5 Å². The molecule has 2 aliphatic heterocycles. The first-order valence-electron chi connectivity index (χ1n) is 9.55. The highest BCUT2D eigenvalue weighted by molar-refractivity contribution is 5.82. The summed E-state index contributed by atoms with van der Waals surface area (Å²) in [7, 11) is 0. The Labute approximate surface area is 159 Å². The zero-order valence-electron chi connectivity index (χ0n) is 15.5. The molecule has 4 nitrogen and oxygen atoms in total. The van der Waals surface area contributed by atoms with Gasteiger partial charge in [0.1, 0.15) is 11.9 Å². The van der Waals surface area contributed by atoms with E-state index in [0.717, 1.165) is 17.5 Å². The van der Waals surface area contributed by atoms with Crippen LogP contribution in [0.3, 0.4) is 0 Å². The number of fused-ring (bicyclic) bond motifs is 1. The topological polar surface area (TPSA) is 55.6 Å². The molecule has 1 amide bonds. The van der Waals surface area contributed by atoms with Crippen molar-refractivity contribution in [3.05, 3.63) is 71.0 Å². The number of carbonyl (C=O) groups excluding carboxylic acids is 1. The Bertz CT molecular complexity index is 823. The van der Waals surface area contributed by atoms with Gasteiger partial charge in [0.05, 0.1) is 12.6 Å². The van der Waals surface area contributed by atoms with E-state index in [1.54, 1.807) is 12.1 Å². The second-order valence-electron chi connectivity index (χ2n) is 7.63. The van der Waals surface area contributed by atoms with Crippen LogP contribution in [0.15, 0.2) is 48.5 Å². The number of hydrogen-bond donors (Lipinski definition) is 1. The molecule has 4 atom stereocenters. The maximum atomic E-state index is 13.5. The number of benzene rings is 2. The summed E-state index contributed by atoms with van der Waals surface area (Å²) in [6, 6.07) is 14.3. The lowest BCUT2D eigenvalue weighted by molar-refractivity contribution is -0.151. The number of nitrogens with two attached hydrogens (primary N) is 1. The second-order valence-corrected chi connectivity index (χ2v) is 7.63. The van der Waals surface area contributed by atoms with Gasteiger partial charge in [-0.25, -0.2) is 4.39 Å². The predicted octanol–water partition coefficient (Wildman–Crippen LogP) is 3.05. The number of hydrogen-bond acceptors (Lipinski definition) is 3. The number of ether oxygens (including phenoxy) is 1. The standard InChI is InChI=1S/C22H25FN2O2/c1-14-13-27-20(12-19(14)24)22(26)25-11-10-15-4-2-3-5-18(15)21(25)16-6-8-17(23)9-7-16/h2-9,14,19-21H,10-13,24H2,1H3/t14-,19-,20+,21-/m0/s1. The van der Waals surface area contributed by atoms with E-state index >= 15 is 0 Å². The van der Waals surface area contributed by atoms with E-state index in [9.17, 15) is 9.18 Å². The molecule has 0 spiro atoms. The Balaban J connectivity index is 1.68. The van der Waals surface area contributed by atoms with Gasteiger partial charge in [0.25, 0.3) is 5.91 Å². The summed E-state index contributed by atoms with van der Waals surface area (Å²) in [6.07, 6.45) is 0.827. The van der Waals surface area contributed by atoms with Gasteiger partial charge in [0, 0.05) is 12.6 Å². The van der Waals surface area contributed by atoms with Gasteiger partial charge in [-0.1, -0.05) is 43.3 Å². The van der Waals surface area contributed by atoms with Crippen LogP contribution >= 0.6 is 0 Å². The summed E-state index contributed by atoms with van der Waals surface area (Å²) in [4.78, 5) is 15.2. The van der Waals surface area contributed by atoms with Crippen LogP contribution in [0.5, 0.6) is 0 Å². The first kappa shape index (κ1) is 18.1. The molecule has 5 heteroatoms. The molecule has 0 aromatic heterocycles. The van der Waals surface area contributed by atoms with Crippen LogP contribution in [-0.4, -0.2) is 36.1 Å². The third-order valence-corrected chi connectivity index (χ3v) is 5.81. The summed E-state index contributed by atoms with van der Waals surface area (Å²) >= 11 is 0. The van der Waals surface area contributed by atoms with E-state index in [2.05, 4.69) is 12.1 Å². The normalized spacial score (nSPS) is 27.9. The molecule has 0 radical (unpaired) electrons. The molecule has 27 heavy (non-hydrogen) atoms. The van der Waals surface area contributed by atoms with E-state index in [1.165, 1.54) is 17.7 Å². The number of amides is 1. The quantitative estimate of drug-likeness (QED) is 0.886. The molecule has 0 saturated carbocycles. The summed E-state index contributed by atoms with van der Waals surface area (Å²) in [5.41, 5.74) is 9.41. The van der Waals surface area contributed by atoms with Crippen molar-refractivity contribution in [1.29, 1.82) is 0 Å². The first-order chi connectivity index (χ1) is 13.0. The Hall–Kier alpha value is -2.24. The molecule has 2 aliphatic rings. The van der Waals surface area contributed by atoms with E-state index in [0.29, 0.717) is 19.6 Å². The van der Waals surface area contributed by atoms with Crippen molar-refractivity contribution in [2.75, 3.05) is 13.2 Å². The van der Waals surface area contributed by atoms with Crippen LogP contribution in [0.25, 0.3) is 0 Å². The van der Waals surface area contributed by atoms with Crippen LogP contribution < -0.4 is 5.73 Å². The fraction of sp³-hybridized carbons (Fsp3) is 0.409. The van der Waals surface area contributed by atoms with Gasteiger partial charge in [0.15, 0.2) is 0 Å². The van der Waals surface area contributed by atoms with Gasteiger partial charge < -0.3 is 15.4 Å². The average Bonchev–Trinajstić information content (AvgIpc) is 2.69. The van der Waals surface area contributed by atoms with Crippen molar-refractivity contribution in [3.63, 3.8) is 0 Å². The van der Waals surface area contributed by atoms with E-state index in [-0.39, 0.29) is 29.7 Å². The van der Waals surface area contributed by atoms with Crippen LogP contribution in [0.1, 0.15) is 36.1 Å². The largest absolute Gasteiger partial charge is 0.368 e. The lowest BCUT2D eigenvalue weighted by atomic mass is 9.87. The molecule has 2 N–H and O–H groups in total. The Kier molecular flexibility index (Phi) is 4.98. The highest BCUT2D eigenvalue weighted by Crippen LogP contribution is 2.36.